The monoisotopic (exact) mass is 390 g/mol. The number of benzene rings is 1. The molecule has 0 fully saturated rings. The van der Waals surface area contributed by atoms with Gasteiger partial charge in [0.2, 0.25) is 0 Å². The van der Waals surface area contributed by atoms with Crippen molar-refractivity contribution in [2.45, 2.75) is 0 Å². The van der Waals surface area contributed by atoms with Crippen molar-refractivity contribution >= 4 is 56.2 Å². The van der Waals surface area contributed by atoms with Crippen molar-refractivity contribution in [1.29, 1.82) is 0 Å². The smallest absolute Gasteiger partial charge is 0.275 e. The van der Waals surface area contributed by atoms with Crippen LogP contribution >= 0.6 is 34.5 Å². The van der Waals surface area contributed by atoms with E-state index in [1.165, 1.54) is 46.2 Å². The molecule has 5 nitrogen and oxygen atoms in total. The van der Waals surface area contributed by atoms with Crippen molar-refractivity contribution in [2.24, 2.45) is 0 Å². The zero-order valence-corrected chi connectivity index (χ0v) is 14.7. The normalized spacial score (nSPS) is 11.3. The molecule has 0 aliphatic carbocycles. The fourth-order valence-corrected chi connectivity index (χ4v) is 3.75. The maximum absolute atomic E-state index is 12.7. The van der Waals surface area contributed by atoms with Gasteiger partial charge in [0.1, 0.15) is 10.4 Å². The first-order valence-corrected chi connectivity index (χ1v) is 8.71. The molecule has 3 heterocycles. The van der Waals surface area contributed by atoms with Crippen LogP contribution in [-0.2, 0) is 0 Å². The molecular formula is C17H8Cl2N2O3S. The Bertz CT molecular complexity index is 1230. The van der Waals surface area contributed by atoms with Gasteiger partial charge in [0, 0.05) is 16.8 Å². The molecule has 8 heteroatoms. The molecule has 0 bridgehead atoms. The van der Waals surface area contributed by atoms with Crippen molar-refractivity contribution in [3.63, 3.8) is 0 Å². The van der Waals surface area contributed by atoms with Crippen LogP contribution in [0.25, 0.3) is 15.9 Å². The van der Waals surface area contributed by atoms with Crippen molar-refractivity contribution < 1.29 is 9.90 Å². The zero-order valence-electron chi connectivity index (χ0n) is 12.4. The zero-order chi connectivity index (χ0) is 17.7. The number of halogens is 2. The summed E-state index contributed by atoms with van der Waals surface area (Å²) in [6, 6.07) is 7.33. The number of hydrogen-bond donors (Lipinski definition) is 1. The SMILES string of the molecule is O=C(c1cc(Cl)c2nc3ccsc3c(=O)n2c1)c1cc(Cl)ccc1O. The number of phenolic OH excluding ortho intramolecular Hbond substituents is 1. The lowest BCUT2D eigenvalue weighted by molar-refractivity contribution is 0.103. The van der Waals surface area contributed by atoms with Crippen LogP contribution in [-0.4, -0.2) is 20.3 Å². The van der Waals surface area contributed by atoms with Crippen LogP contribution in [0.4, 0.5) is 0 Å². The Morgan fingerprint density at radius 2 is 2.00 bits per heavy atom. The van der Waals surface area contributed by atoms with E-state index in [0.717, 1.165) is 0 Å². The molecule has 0 aliphatic heterocycles. The number of hydrogen-bond acceptors (Lipinski definition) is 5. The minimum atomic E-state index is -0.498. The lowest BCUT2D eigenvalue weighted by Gasteiger charge is -2.08. The minimum absolute atomic E-state index is 0.0288. The molecule has 25 heavy (non-hydrogen) atoms. The number of aromatic nitrogens is 2. The molecule has 0 aliphatic rings. The van der Waals surface area contributed by atoms with E-state index in [9.17, 15) is 14.7 Å². The average Bonchev–Trinajstić information content (AvgIpc) is 3.06. The summed E-state index contributed by atoms with van der Waals surface area (Å²) in [6.45, 7) is 0. The highest BCUT2D eigenvalue weighted by molar-refractivity contribution is 7.17. The number of fused-ring (bicyclic) bond motifs is 2. The van der Waals surface area contributed by atoms with Gasteiger partial charge in [0.05, 0.1) is 16.1 Å². The molecule has 0 saturated carbocycles. The number of phenols is 1. The molecule has 4 rings (SSSR count). The maximum atomic E-state index is 12.7. The van der Waals surface area contributed by atoms with Crippen molar-refractivity contribution in [2.75, 3.05) is 0 Å². The van der Waals surface area contributed by atoms with E-state index in [0.29, 0.717) is 15.2 Å². The van der Waals surface area contributed by atoms with Crippen molar-refractivity contribution in [1.82, 2.24) is 9.38 Å². The third kappa shape index (κ3) is 2.59. The summed E-state index contributed by atoms with van der Waals surface area (Å²) in [6.07, 6.45) is 1.37. The van der Waals surface area contributed by atoms with Crippen LogP contribution in [0, 0.1) is 0 Å². The van der Waals surface area contributed by atoms with Gasteiger partial charge in [-0.15, -0.1) is 11.3 Å². The summed E-state index contributed by atoms with van der Waals surface area (Å²) in [4.78, 5) is 29.7. The first-order chi connectivity index (χ1) is 12.0. The van der Waals surface area contributed by atoms with Crippen molar-refractivity contribution in [3.05, 3.63) is 73.4 Å². The highest BCUT2D eigenvalue weighted by Crippen LogP contribution is 2.26. The number of carbonyl (C=O) groups excluding carboxylic acids is 1. The molecular weight excluding hydrogens is 383 g/mol. The van der Waals surface area contributed by atoms with Gasteiger partial charge in [-0.05, 0) is 35.7 Å². The molecule has 0 saturated heterocycles. The number of aromatic hydroxyl groups is 1. The first kappa shape index (κ1) is 16.1. The lowest BCUT2D eigenvalue weighted by Crippen LogP contribution is -2.16. The molecule has 0 radical (unpaired) electrons. The number of pyridine rings is 1. The number of nitrogens with zero attached hydrogens (tertiary/aromatic N) is 2. The van der Waals surface area contributed by atoms with Gasteiger partial charge < -0.3 is 5.11 Å². The standard InChI is InChI=1S/C17H8Cl2N2O3S/c18-9-1-2-13(22)10(6-9)14(23)8-5-11(19)16-20-12-3-4-25-15(12)17(24)21(16)7-8/h1-7,22H. The van der Waals surface area contributed by atoms with Crippen LogP contribution in [0.15, 0.2) is 46.7 Å². The largest absolute Gasteiger partial charge is 0.507 e. The molecule has 0 spiro atoms. The molecule has 0 atom stereocenters. The van der Waals surface area contributed by atoms with E-state index in [1.54, 1.807) is 11.4 Å². The molecule has 124 valence electrons. The molecule has 0 unspecified atom stereocenters. The molecule has 0 amide bonds. The Hall–Kier alpha value is -2.41. The summed E-state index contributed by atoms with van der Waals surface area (Å²) in [5, 5.41) is 12.2. The average molecular weight is 391 g/mol. The minimum Gasteiger partial charge on any atom is -0.507 e. The fourth-order valence-electron chi connectivity index (χ4n) is 2.56. The van der Waals surface area contributed by atoms with Gasteiger partial charge in [0.15, 0.2) is 11.4 Å². The van der Waals surface area contributed by atoms with Crippen LogP contribution in [0.2, 0.25) is 10.0 Å². The summed E-state index contributed by atoms with van der Waals surface area (Å²) in [5.74, 6) is -0.702. The van der Waals surface area contributed by atoms with Gasteiger partial charge in [-0.2, -0.15) is 0 Å². The highest BCUT2D eigenvalue weighted by Gasteiger charge is 2.18. The Morgan fingerprint density at radius 1 is 1.20 bits per heavy atom. The molecule has 1 aromatic carbocycles. The van der Waals surface area contributed by atoms with E-state index in [4.69, 9.17) is 23.2 Å². The fraction of sp³-hybridized carbons (Fsp3) is 0. The topological polar surface area (TPSA) is 71.7 Å². The van der Waals surface area contributed by atoms with Gasteiger partial charge in [-0.25, -0.2) is 4.98 Å². The Balaban J connectivity index is 1.98. The molecule has 3 aromatic heterocycles. The predicted molar refractivity (Wildman–Crippen MR) is 98.4 cm³/mol. The molecule has 4 aromatic rings. The van der Waals surface area contributed by atoms with E-state index in [-0.39, 0.29) is 33.1 Å². The van der Waals surface area contributed by atoms with Gasteiger partial charge >= 0.3 is 0 Å². The molecule has 1 N–H and O–H groups in total. The Labute approximate surface area is 154 Å². The summed E-state index contributed by atoms with van der Waals surface area (Å²) >= 11 is 13.4. The van der Waals surface area contributed by atoms with E-state index >= 15 is 0 Å². The van der Waals surface area contributed by atoms with Gasteiger partial charge in [0.25, 0.3) is 5.56 Å². The maximum Gasteiger partial charge on any atom is 0.275 e. The van der Waals surface area contributed by atoms with Gasteiger partial charge in [-0.3, -0.25) is 14.0 Å². The second-order valence-corrected chi connectivity index (χ2v) is 7.07. The van der Waals surface area contributed by atoms with E-state index in [2.05, 4.69) is 4.98 Å². The van der Waals surface area contributed by atoms with E-state index < -0.39 is 5.78 Å². The van der Waals surface area contributed by atoms with Crippen LogP contribution in [0.1, 0.15) is 15.9 Å². The van der Waals surface area contributed by atoms with E-state index in [1.807, 2.05) is 0 Å². The second kappa shape index (κ2) is 5.84. The number of thiophene rings is 1. The van der Waals surface area contributed by atoms with Gasteiger partial charge in [-0.1, -0.05) is 23.2 Å². The van der Waals surface area contributed by atoms with Crippen molar-refractivity contribution in [3.8, 4) is 5.75 Å². The third-order valence-electron chi connectivity index (χ3n) is 3.74. The third-order valence-corrected chi connectivity index (χ3v) is 5.15. The highest BCUT2D eigenvalue weighted by atomic mass is 35.5. The predicted octanol–water partition coefficient (Wildman–Crippen LogP) is 4.15. The number of ketones is 1. The number of carbonyl (C=O) groups is 1. The summed E-state index contributed by atoms with van der Waals surface area (Å²) in [7, 11) is 0. The Kier molecular flexibility index (Phi) is 3.76. The first-order valence-electron chi connectivity index (χ1n) is 7.08. The van der Waals surface area contributed by atoms with Crippen LogP contribution in [0.5, 0.6) is 5.75 Å². The summed E-state index contributed by atoms with van der Waals surface area (Å²) in [5.41, 5.74) is 0.700. The summed E-state index contributed by atoms with van der Waals surface area (Å²) < 4.78 is 1.72. The Morgan fingerprint density at radius 3 is 2.80 bits per heavy atom. The quantitative estimate of drug-likeness (QED) is 0.521. The van der Waals surface area contributed by atoms with Crippen LogP contribution in [0.3, 0.4) is 0 Å². The second-order valence-electron chi connectivity index (χ2n) is 5.31. The van der Waals surface area contributed by atoms with Crippen LogP contribution < -0.4 is 5.56 Å². The number of rotatable bonds is 2. The lowest BCUT2D eigenvalue weighted by atomic mass is 10.0.